The number of rotatable bonds is 4. The van der Waals surface area contributed by atoms with Crippen molar-refractivity contribution in [2.75, 3.05) is 26.4 Å². The van der Waals surface area contributed by atoms with Gasteiger partial charge in [-0.1, -0.05) is 0 Å². The van der Waals surface area contributed by atoms with Crippen molar-refractivity contribution in [1.29, 1.82) is 0 Å². The van der Waals surface area contributed by atoms with Crippen molar-refractivity contribution in [3.05, 3.63) is 53.0 Å². The number of anilines is 1. The molecular weight excluding hydrogens is 390 g/mol. The highest BCUT2D eigenvalue weighted by atomic mass is 16.2. The summed E-state index contributed by atoms with van der Waals surface area (Å²) in [6.07, 6.45) is 5.94. The zero-order valence-electron chi connectivity index (χ0n) is 18.8. The van der Waals surface area contributed by atoms with Gasteiger partial charge in [0.05, 0.1) is 23.7 Å². The first-order valence-electron chi connectivity index (χ1n) is 10.5. The molecule has 0 radical (unpaired) electrons. The van der Waals surface area contributed by atoms with Crippen LogP contribution in [0.1, 0.15) is 40.9 Å². The molecule has 0 aliphatic carbocycles. The van der Waals surface area contributed by atoms with Gasteiger partial charge in [-0.2, -0.15) is 5.10 Å². The minimum absolute atomic E-state index is 0.0929. The van der Waals surface area contributed by atoms with E-state index in [4.69, 9.17) is 10.7 Å². The Morgan fingerprint density at radius 2 is 2.03 bits per heavy atom. The van der Waals surface area contributed by atoms with E-state index in [0.717, 1.165) is 30.8 Å². The van der Waals surface area contributed by atoms with Crippen molar-refractivity contribution in [2.45, 2.75) is 39.8 Å². The molecule has 0 spiro atoms. The summed E-state index contributed by atoms with van der Waals surface area (Å²) in [5.74, 6) is 0.576. The number of aryl methyl sites for hydroxylation is 1. The molecule has 0 fully saturated rings. The van der Waals surface area contributed by atoms with Crippen molar-refractivity contribution in [1.82, 2.24) is 29.5 Å². The molecular formula is C23H29N7O. The molecule has 2 N–H and O–H groups in total. The zero-order chi connectivity index (χ0) is 22.3. The van der Waals surface area contributed by atoms with Gasteiger partial charge in [-0.3, -0.25) is 4.79 Å². The van der Waals surface area contributed by atoms with Crippen LogP contribution in [0.15, 0.2) is 30.7 Å². The van der Waals surface area contributed by atoms with Gasteiger partial charge in [0, 0.05) is 37.9 Å². The van der Waals surface area contributed by atoms with Gasteiger partial charge < -0.3 is 15.5 Å². The highest BCUT2D eigenvalue weighted by molar-refractivity contribution is 5.93. The van der Waals surface area contributed by atoms with Gasteiger partial charge in [0.1, 0.15) is 0 Å². The first-order chi connectivity index (χ1) is 14.7. The Kier molecular flexibility index (Phi) is 5.49. The predicted octanol–water partition coefficient (Wildman–Crippen LogP) is 2.69. The van der Waals surface area contributed by atoms with E-state index in [0.29, 0.717) is 11.4 Å². The minimum atomic E-state index is -0.0987. The quantitative estimate of drug-likeness (QED) is 0.699. The van der Waals surface area contributed by atoms with E-state index in [1.54, 1.807) is 24.3 Å². The molecule has 3 heterocycles. The van der Waals surface area contributed by atoms with Crippen molar-refractivity contribution < 1.29 is 4.79 Å². The number of nitrogens with zero attached hydrogens (tertiary/aromatic N) is 6. The van der Waals surface area contributed by atoms with Gasteiger partial charge >= 0.3 is 0 Å². The second-order valence-corrected chi connectivity index (χ2v) is 8.57. The number of carbonyl (C=O) groups excluding carboxylic acids is 1. The van der Waals surface area contributed by atoms with Gasteiger partial charge in [0.15, 0.2) is 11.6 Å². The van der Waals surface area contributed by atoms with Crippen molar-refractivity contribution in [3.63, 3.8) is 0 Å². The average molecular weight is 420 g/mol. The fourth-order valence-corrected chi connectivity index (χ4v) is 3.89. The van der Waals surface area contributed by atoms with E-state index in [1.165, 1.54) is 27.6 Å². The molecule has 4 rings (SSSR count). The number of benzene rings is 1. The summed E-state index contributed by atoms with van der Waals surface area (Å²) in [5, 5.41) is 4.32. The molecule has 162 valence electrons. The van der Waals surface area contributed by atoms with Crippen molar-refractivity contribution >= 4 is 11.7 Å². The van der Waals surface area contributed by atoms with Gasteiger partial charge in [-0.25, -0.2) is 14.6 Å². The van der Waals surface area contributed by atoms with Crippen molar-refractivity contribution in [3.8, 4) is 17.1 Å². The standard InChI is InChI=1S/C23H29N7O/c1-14(2)29(5)23(31)18-10-26-30(13-18)22-21(24)25-11-20(27-22)16-8-15(3)19-6-7-28(4)12-17(19)9-16/h8-11,13-14H,6-7,12H2,1-5H3,(H2,24,25). The third kappa shape index (κ3) is 4.03. The van der Waals surface area contributed by atoms with Crippen LogP contribution in [0, 0.1) is 6.92 Å². The number of fused-ring (bicyclic) bond motifs is 1. The molecule has 8 nitrogen and oxygen atoms in total. The van der Waals surface area contributed by atoms with E-state index < -0.39 is 0 Å². The maximum absolute atomic E-state index is 12.6. The van der Waals surface area contributed by atoms with Crippen LogP contribution >= 0.6 is 0 Å². The number of amides is 1. The molecule has 0 unspecified atom stereocenters. The normalized spacial score (nSPS) is 14.0. The Hall–Kier alpha value is -3.26. The summed E-state index contributed by atoms with van der Waals surface area (Å²) in [4.78, 5) is 25.7. The molecule has 0 saturated carbocycles. The Morgan fingerprint density at radius 1 is 1.26 bits per heavy atom. The molecule has 1 aliphatic rings. The van der Waals surface area contributed by atoms with Crippen LogP contribution in [-0.4, -0.2) is 62.1 Å². The zero-order valence-corrected chi connectivity index (χ0v) is 18.8. The molecule has 0 saturated heterocycles. The van der Waals surface area contributed by atoms with Crippen molar-refractivity contribution in [2.24, 2.45) is 0 Å². The topological polar surface area (TPSA) is 93.2 Å². The largest absolute Gasteiger partial charge is 0.381 e. The van der Waals surface area contributed by atoms with Crippen LogP contribution in [0.5, 0.6) is 0 Å². The van der Waals surface area contributed by atoms with Gasteiger partial charge in [-0.15, -0.1) is 0 Å². The molecule has 1 aromatic carbocycles. The highest BCUT2D eigenvalue weighted by Crippen LogP contribution is 2.29. The Balaban J connectivity index is 1.70. The summed E-state index contributed by atoms with van der Waals surface area (Å²) >= 11 is 0. The third-order valence-electron chi connectivity index (χ3n) is 5.97. The Bertz CT molecular complexity index is 1130. The average Bonchev–Trinajstić information content (AvgIpc) is 3.22. The van der Waals surface area contributed by atoms with E-state index in [1.807, 2.05) is 13.8 Å². The van der Waals surface area contributed by atoms with Crippen LogP contribution in [0.4, 0.5) is 5.82 Å². The second kappa shape index (κ2) is 8.11. The number of aromatic nitrogens is 4. The lowest BCUT2D eigenvalue weighted by Crippen LogP contribution is -2.32. The van der Waals surface area contributed by atoms with Gasteiger partial charge in [-0.05, 0) is 63.1 Å². The van der Waals surface area contributed by atoms with E-state index in [2.05, 4.69) is 41.1 Å². The van der Waals surface area contributed by atoms with Crippen LogP contribution < -0.4 is 5.73 Å². The van der Waals surface area contributed by atoms with Gasteiger partial charge in [0.25, 0.3) is 5.91 Å². The van der Waals surface area contributed by atoms with E-state index >= 15 is 0 Å². The summed E-state index contributed by atoms with van der Waals surface area (Å²) in [7, 11) is 3.91. The third-order valence-corrected chi connectivity index (χ3v) is 5.97. The number of hydrogen-bond acceptors (Lipinski definition) is 6. The Morgan fingerprint density at radius 3 is 2.77 bits per heavy atom. The van der Waals surface area contributed by atoms with E-state index in [9.17, 15) is 4.79 Å². The molecule has 0 atom stereocenters. The lowest BCUT2D eigenvalue weighted by atomic mass is 9.92. The maximum atomic E-state index is 12.6. The van der Waals surface area contributed by atoms with Gasteiger partial charge in [0.2, 0.25) is 0 Å². The number of hydrogen-bond donors (Lipinski definition) is 1. The monoisotopic (exact) mass is 419 g/mol. The van der Waals surface area contributed by atoms with E-state index in [-0.39, 0.29) is 17.8 Å². The second-order valence-electron chi connectivity index (χ2n) is 8.57. The summed E-state index contributed by atoms with van der Waals surface area (Å²) in [5.41, 5.74) is 12.3. The van der Waals surface area contributed by atoms with Crippen LogP contribution in [-0.2, 0) is 13.0 Å². The predicted molar refractivity (Wildman–Crippen MR) is 121 cm³/mol. The lowest BCUT2D eigenvalue weighted by Gasteiger charge is -2.27. The fourth-order valence-electron chi connectivity index (χ4n) is 3.89. The lowest BCUT2D eigenvalue weighted by molar-refractivity contribution is 0.0755. The molecule has 1 aliphatic heterocycles. The first kappa shape index (κ1) is 21.0. The molecule has 8 heteroatoms. The molecule has 31 heavy (non-hydrogen) atoms. The fraction of sp³-hybridized carbons (Fsp3) is 0.391. The summed E-state index contributed by atoms with van der Waals surface area (Å²) in [6, 6.07) is 4.44. The SMILES string of the molecule is Cc1cc(-c2cnc(N)c(-n3cc(C(=O)N(C)C(C)C)cn3)n2)cc2c1CCN(C)C2. The number of nitrogen functional groups attached to an aromatic ring is 1. The summed E-state index contributed by atoms with van der Waals surface area (Å²) in [6.45, 7) is 8.08. The minimum Gasteiger partial charge on any atom is -0.381 e. The number of nitrogens with two attached hydrogens (primary N) is 1. The summed E-state index contributed by atoms with van der Waals surface area (Å²) < 4.78 is 1.52. The molecule has 0 bridgehead atoms. The first-order valence-corrected chi connectivity index (χ1v) is 10.5. The molecule has 1 amide bonds. The van der Waals surface area contributed by atoms with Crippen LogP contribution in [0.2, 0.25) is 0 Å². The number of likely N-dealkylation sites (N-methyl/N-ethyl adjacent to an activating group) is 1. The Labute approximate surface area is 182 Å². The number of carbonyl (C=O) groups is 1. The van der Waals surface area contributed by atoms with Crippen LogP contribution in [0.25, 0.3) is 17.1 Å². The molecule has 3 aromatic rings. The smallest absolute Gasteiger partial charge is 0.257 e. The maximum Gasteiger partial charge on any atom is 0.257 e. The van der Waals surface area contributed by atoms with Crippen LogP contribution in [0.3, 0.4) is 0 Å². The molecule has 2 aromatic heterocycles. The highest BCUT2D eigenvalue weighted by Gasteiger charge is 2.20.